The van der Waals surface area contributed by atoms with Gasteiger partial charge in [0.05, 0.1) is 10.0 Å². The summed E-state index contributed by atoms with van der Waals surface area (Å²) < 4.78 is 0. The quantitative estimate of drug-likeness (QED) is 0.658. The lowest BCUT2D eigenvalue weighted by Gasteiger charge is -2.20. The molecular weight excluding hydrogens is 315 g/mol. The van der Waals surface area contributed by atoms with Gasteiger partial charge in [-0.25, -0.2) is 0 Å². The highest BCUT2D eigenvalue weighted by Crippen LogP contribution is 2.26. The molecule has 110 valence electrons. The minimum absolute atomic E-state index is 0.209. The van der Waals surface area contributed by atoms with E-state index in [4.69, 9.17) is 23.2 Å². The average Bonchev–Trinajstić information content (AvgIpc) is 2.43. The zero-order valence-corrected chi connectivity index (χ0v) is 12.4. The van der Waals surface area contributed by atoms with Crippen molar-refractivity contribution in [2.24, 2.45) is 0 Å². The van der Waals surface area contributed by atoms with Crippen LogP contribution in [0.1, 0.15) is 18.4 Å². The molecule has 7 heteroatoms. The summed E-state index contributed by atoms with van der Waals surface area (Å²) in [4.78, 5) is 34.3. The third-order valence-corrected chi connectivity index (χ3v) is 3.78. The first-order valence-corrected chi connectivity index (χ1v) is 6.99. The number of halogens is 2. The maximum atomic E-state index is 11.8. The lowest BCUT2D eigenvalue weighted by Crippen LogP contribution is -2.51. The first kappa shape index (κ1) is 15.5. The molecule has 1 aromatic rings. The summed E-state index contributed by atoms with van der Waals surface area (Å²) in [5.74, 6) is -1.26. The summed E-state index contributed by atoms with van der Waals surface area (Å²) in [5, 5.41) is 5.44. The van der Waals surface area contributed by atoms with Gasteiger partial charge < -0.3 is 5.32 Å². The Kier molecular flexibility index (Phi) is 4.98. The number of carbonyl (C=O) groups is 3. The molecule has 1 saturated heterocycles. The first-order chi connectivity index (χ1) is 9.97. The van der Waals surface area contributed by atoms with E-state index in [1.54, 1.807) is 18.2 Å². The Balaban J connectivity index is 1.98. The third-order valence-electron chi connectivity index (χ3n) is 2.95. The van der Waals surface area contributed by atoms with Crippen LogP contribution in [-0.4, -0.2) is 23.8 Å². The van der Waals surface area contributed by atoms with Crippen molar-refractivity contribution >= 4 is 47.0 Å². The normalized spacial score (nSPS) is 18.7. The van der Waals surface area contributed by atoms with Crippen molar-refractivity contribution in [1.82, 2.24) is 10.6 Å². The van der Waals surface area contributed by atoms with Crippen LogP contribution >= 0.6 is 23.2 Å². The van der Waals surface area contributed by atoms with Gasteiger partial charge in [-0.1, -0.05) is 35.3 Å². The Morgan fingerprint density at radius 1 is 1.33 bits per heavy atom. The number of piperidine rings is 1. The van der Waals surface area contributed by atoms with Gasteiger partial charge in [0, 0.05) is 12.5 Å². The van der Waals surface area contributed by atoms with E-state index in [0.29, 0.717) is 22.0 Å². The van der Waals surface area contributed by atoms with Crippen LogP contribution in [0, 0.1) is 0 Å². The van der Waals surface area contributed by atoms with Gasteiger partial charge in [0.15, 0.2) is 0 Å². The molecule has 0 saturated carbocycles. The molecule has 2 N–H and O–H groups in total. The average molecular weight is 327 g/mol. The van der Waals surface area contributed by atoms with Gasteiger partial charge >= 0.3 is 0 Å². The monoisotopic (exact) mass is 326 g/mol. The number of hydrogen-bond donors (Lipinski definition) is 2. The molecule has 2 rings (SSSR count). The van der Waals surface area contributed by atoms with Crippen molar-refractivity contribution in [3.05, 3.63) is 39.9 Å². The van der Waals surface area contributed by atoms with Crippen LogP contribution in [0.5, 0.6) is 0 Å². The lowest BCUT2D eigenvalue weighted by molar-refractivity contribution is -0.136. The highest BCUT2D eigenvalue weighted by atomic mass is 35.5. The lowest BCUT2D eigenvalue weighted by atomic mass is 10.1. The van der Waals surface area contributed by atoms with Gasteiger partial charge in [0.1, 0.15) is 6.04 Å². The van der Waals surface area contributed by atoms with E-state index in [2.05, 4.69) is 10.6 Å². The molecule has 1 fully saturated rings. The molecular formula is C14H12Cl2N2O3. The van der Waals surface area contributed by atoms with Crippen molar-refractivity contribution in [2.75, 3.05) is 0 Å². The second kappa shape index (κ2) is 6.74. The Labute approximate surface area is 131 Å². The zero-order valence-electron chi connectivity index (χ0n) is 10.9. The van der Waals surface area contributed by atoms with E-state index >= 15 is 0 Å². The predicted octanol–water partition coefficient (Wildman–Crippen LogP) is 1.93. The van der Waals surface area contributed by atoms with Crippen LogP contribution in [0.2, 0.25) is 10.0 Å². The predicted molar refractivity (Wildman–Crippen MR) is 79.8 cm³/mol. The van der Waals surface area contributed by atoms with Gasteiger partial charge in [0.2, 0.25) is 17.7 Å². The van der Waals surface area contributed by atoms with Crippen molar-refractivity contribution < 1.29 is 14.4 Å². The van der Waals surface area contributed by atoms with E-state index in [0.717, 1.165) is 0 Å². The summed E-state index contributed by atoms with van der Waals surface area (Å²) in [7, 11) is 0. The fourth-order valence-corrected chi connectivity index (χ4v) is 2.24. The summed E-state index contributed by atoms with van der Waals surface area (Å²) >= 11 is 11.9. The van der Waals surface area contributed by atoms with Gasteiger partial charge in [-0.15, -0.1) is 0 Å². The van der Waals surface area contributed by atoms with E-state index < -0.39 is 17.9 Å². The molecule has 0 bridgehead atoms. The van der Waals surface area contributed by atoms with Crippen LogP contribution in [0.4, 0.5) is 0 Å². The maximum Gasteiger partial charge on any atom is 0.249 e. The van der Waals surface area contributed by atoms with Crippen LogP contribution in [-0.2, 0) is 14.4 Å². The highest BCUT2D eigenvalue weighted by Gasteiger charge is 2.27. The molecule has 3 amide bonds. The number of amides is 3. The number of nitrogens with one attached hydrogen (secondary N) is 2. The third kappa shape index (κ3) is 4.06. The molecule has 1 aliphatic rings. The van der Waals surface area contributed by atoms with Gasteiger partial charge in [-0.05, 0) is 24.1 Å². The summed E-state index contributed by atoms with van der Waals surface area (Å²) in [5.41, 5.74) is 0.600. The van der Waals surface area contributed by atoms with Crippen molar-refractivity contribution in [3.8, 4) is 0 Å². The number of imide groups is 1. The summed E-state index contributed by atoms with van der Waals surface area (Å²) in [6.45, 7) is 0. The molecule has 0 radical (unpaired) electrons. The van der Waals surface area contributed by atoms with E-state index in [-0.39, 0.29) is 12.3 Å². The minimum Gasteiger partial charge on any atom is -0.341 e. The fourth-order valence-electron chi connectivity index (χ4n) is 1.87. The second-order valence-electron chi connectivity index (χ2n) is 4.49. The highest BCUT2D eigenvalue weighted by molar-refractivity contribution is 6.42. The fraction of sp³-hybridized carbons (Fsp3) is 0.214. The van der Waals surface area contributed by atoms with Crippen LogP contribution < -0.4 is 10.6 Å². The molecule has 0 aromatic heterocycles. The van der Waals surface area contributed by atoms with E-state index in [9.17, 15) is 14.4 Å². The van der Waals surface area contributed by atoms with Crippen LogP contribution in [0.25, 0.3) is 6.08 Å². The molecule has 1 unspecified atom stereocenters. The number of rotatable bonds is 3. The Morgan fingerprint density at radius 2 is 2.10 bits per heavy atom. The zero-order chi connectivity index (χ0) is 15.4. The van der Waals surface area contributed by atoms with Crippen LogP contribution in [0.15, 0.2) is 24.3 Å². The van der Waals surface area contributed by atoms with Crippen molar-refractivity contribution in [1.29, 1.82) is 0 Å². The number of benzene rings is 1. The van der Waals surface area contributed by atoms with Crippen molar-refractivity contribution in [2.45, 2.75) is 18.9 Å². The standard InChI is InChI=1S/C14H12Cl2N2O3/c15-9-3-1-2-8(13(9)16)4-6-11(19)17-10-5-7-12(20)18-14(10)21/h1-4,6,10H,5,7H2,(H,17,19)(H,18,20,21). The molecule has 21 heavy (non-hydrogen) atoms. The molecule has 1 atom stereocenters. The SMILES string of the molecule is O=C(C=Cc1cccc(Cl)c1Cl)NC1CCC(=O)NC1=O. The van der Waals surface area contributed by atoms with E-state index in [1.165, 1.54) is 12.2 Å². The number of carbonyl (C=O) groups excluding carboxylic acids is 3. The molecule has 0 spiro atoms. The summed E-state index contributed by atoms with van der Waals surface area (Å²) in [6, 6.07) is 4.37. The van der Waals surface area contributed by atoms with Gasteiger partial charge in [0.25, 0.3) is 0 Å². The topological polar surface area (TPSA) is 75.3 Å². The molecule has 1 heterocycles. The van der Waals surface area contributed by atoms with Crippen LogP contribution in [0.3, 0.4) is 0 Å². The van der Waals surface area contributed by atoms with Gasteiger partial charge in [-0.2, -0.15) is 0 Å². The molecule has 0 aliphatic carbocycles. The first-order valence-electron chi connectivity index (χ1n) is 6.23. The second-order valence-corrected chi connectivity index (χ2v) is 5.27. The Hall–Kier alpha value is -1.85. The van der Waals surface area contributed by atoms with Crippen molar-refractivity contribution in [3.63, 3.8) is 0 Å². The Bertz CT molecular complexity index is 629. The minimum atomic E-state index is -0.699. The molecule has 1 aromatic carbocycles. The largest absolute Gasteiger partial charge is 0.341 e. The smallest absolute Gasteiger partial charge is 0.249 e. The maximum absolute atomic E-state index is 11.8. The number of hydrogen-bond acceptors (Lipinski definition) is 3. The molecule has 5 nitrogen and oxygen atoms in total. The Morgan fingerprint density at radius 3 is 2.81 bits per heavy atom. The van der Waals surface area contributed by atoms with Gasteiger partial charge in [-0.3, -0.25) is 19.7 Å². The molecule has 1 aliphatic heterocycles. The van der Waals surface area contributed by atoms with E-state index in [1.807, 2.05) is 0 Å². The summed E-state index contributed by atoms with van der Waals surface area (Å²) in [6.07, 6.45) is 3.28.